The second-order valence-electron chi connectivity index (χ2n) is 15.4. The van der Waals surface area contributed by atoms with Gasteiger partial charge in [0.05, 0.1) is 62.6 Å². The molecule has 0 saturated heterocycles. The Morgan fingerprint density at radius 1 is 0.424 bits per heavy atom. The first-order valence-corrected chi connectivity index (χ1v) is 22.1. The molecule has 1 aliphatic rings. The number of esters is 6. The van der Waals surface area contributed by atoms with Crippen LogP contribution in [0.4, 0.5) is 0 Å². The SMILES string of the molecule is C=CC(=O)OCCCCOc1ccc(C(=O)OCCc2ccc(OC(=O)C3CCC(C(=O)Oc4ccc(CCOC(=O)c5ccc(OCCCCOC(=O)C=C)cc5)cc4)CC3)cc2)cc1. The molecule has 0 atom stereocenters. The van der Waals surface area contributed by atoms with Gasteiger partial charge in [-0.2, -0.15) is 0 Å². The third kappa shape index (κ3) is 17.4. The molecule has 1 fully saturated rings. The molecule has 0 amide bonds. The zero-order chi connectivity index (χ0) is 46.9. The molecule has 14 heteroatoms. The van der Waals surface area contributed by atoms with E-state index in [0.717, 1.165) is 23.3 Å². The second kappa shape index (κ2) is 27.2. The summed E-state index contributed by atoms with van der Waals surface area (Å²) in [4.78, 5) is 73.2. The van der Waals surface area contributed by atoms with E-state index in [1.54, 1.807) is 72.8 Å². The van der Waals surface area contributed by atoms with Crippen LogP contribution in [0.15, 0.2) is 122 Å². The van der Waals surface area contributed by atoms with Gasteiger partial charge >= 0.3 is 35.8 Å². The summed E-state index contributed by atoms with van der Waals surface area (Å²) in [6, 6.07) is 27.5. The first kappa shape index (κ1) is 49.8. The highest BCUT2D eigenvalue weighted by Crippen LogP contribution is 2.31. The lowest BCUT2D eigenvalue weighted by molar-refractivity contribution is -0.145. The van der Waals surface area contributed by atoms with E-state index >= 15 is 0 Å². The standard InChI is InChI=1S/C52H56O14/c1-3-47(53)61-33-7-5-31-59-43-25-17-39(18-26-43)49(55)63-35-29-37-9-21-45(22-10-37)65-51(57)41-13-15-42(16-14-41)52(58)66-46-23-11-38(12-24-46)30-36-64-50(56)40-19-27-44(28-20-40)60-32-6-8-34-62-48(54)4-2/h3-4,9-12,17-28,41-42H,1-2,5-8,13-16,29-36H2. The van der Waals surface area contributed by atoms with Crippen molar-refractivity contribution in [3.63, 3.8) is 0 Å². The van der Waals surface area contributed by atoms with Crippen molar-refractivity contribution in [3.8, 4) is 23.0 Å². The zero-order valence-corrected chi connectivity index (χ0v) is 37.0. The van der Waals surface area contributed by atoms with Crippen LogP contribution in [0.25, 0.3) is 0 Å². The van der Waals surface area contributed by atoms with Crippen LogP contribution in [0, 0.1) is 11.8 Å². The molecule has 0 heterocycles. The van der Waals surface area contributed by atoms with Crippen molar-refractivity contribution in [2.24, 2.45) is 11.8 Å². The minimum atomic E-state index is -0.452. The van der Waals surface area contributed by atoms with Gasteiger partial charge in [-0.3, -0.25) is 9.59 Å². The molecule has 0 spiro atoms. The molecule has 348 valence electrons. The van der Waals surface area contributed by atoms with Gasteiger partial charge in [0.15, 0.2) is 0 Å². The van der Waals surface area contributed by atoms with Gasteiger partial charge in [-0.15, -0.1) is 0 Å². The average molecular weight is 905 g/mol. The molecule has 0 aliphatic heterocycles. The highest BCUT2D eigenvalue weighted by Gasteiger charge is 2.32. The van der Waals surface area contributed by atoms with Crippen molar-refractivity contribution in [2.45, 2.75) is 64.2 Å². The molecule has 0 N–H and O–H groups in total. The van der Waals surface area contributed by atoms with E-state index in [1.165, 1.54) is 0 Å². The number of hydrogen-bond acceptors (Lipinski definition) is 14. The lowest BCUT2D eigenvalue weighted by atomic mass is 9.82. The molecule has 0 bridgehead atoms. The molecule has 66 heavy (non-hydrogen) atoms. The maximum atomic E-state index is 13.0. The van der Waals surface area contributed by atoms with Crippen LogP contribution in [0.3, 0.4) is 0 Å². The van der Waals surface area contributed by atoms with E-state index in [1.807, 2.05) is 24.3 Å². The Morgan fingerprint density at radius 3 is 1.11 bits per heavy atom. The van der Waals surface area contributed by atoms with Gasteiger partial charge in [-0.05, 0) is 135 Å². The normalized spacial score (nSPS) is 14.1. The predicted octanol–water partition coefficient (Wildman–Crippen LogP) is 8.58. The second-order valence-corrected chi connectivity index (χ2v) is 15.4. The number of unbranched alkanes of at least 4 members (excludes halogenated alkanes) is 2. The predicted molar refractivity (Wildman–Crippen MR) is 242 cm³/mol. The minimum Gasteiger partial charge on any atom is -0.494 e. The Morgan fingerprint density at radius 2 is 0.758 bits per heavy atom. The number of carbonyl (C=O) groups excluding carboxylic acids is 6. The summed E-state index contributed by atoms with van der Waals surface area (Å²) in [7, 11) is 0. The number of benzene rings is 4. The van der Waals surface area contributed by atoms with E-state index < -0.39 is 23.9 Å². The summed E-state index contributed by atoms with van der Waals surface area (Å²) in [5.41, 5.74) is 2.61. The molecule has 4 aromatic carbocycles. The van der Waals surface area contributed by atoms with Crippen molar-refractivity contribution in [2.75, 3.05) is 39.6 Å². The Kier molecular flexibility index (Phi) is 20.5. The van der Waals surface area contributed by atoms with Gasteiger partial charge in [-0.25, -0.2) is 19.2 Å². The summed E-state index contributed by atoms with van der Waals surface area (Å²) in [6.45, 7) is 8.53. The summed E-state index contributed by atoms with van der Waals surface area (Å²) in [5, 5.41) is 0. The van der Waals surface area contributed by atoms with E-state index in [9.17, 15) is 28.8 Å². The Labute approximate surface area is 384 Å². The smallest absolute Gasteiger partial charge is 0.338 e. The van der Waals surface area contributed by atoms with Crippen LogP contribution in [0.2, 0.25) is 0 Å². The zero-order valence-electron chi connectivity index (χ0n) is 37.0. The van der Waals surface area contributed by atoms with Crippen LogP contribution in [-0.2, 0) is 51.0 Å². The molecule has 1 saturated carbocycles. The van der Waals surface area contributed by atoms with Gasteiger partial charge < -0.3 is 37.9 Å². The highest BCUT2D eigenvalue weighted by molar-refractivity contribution is 5.90. The fraction of sp³-hybridized carbons (Fsp3) is 0.346. The monoisotopic (exact) mass is 904 g/mol. The fourth-order valence-corrected chi connectivity index (χ4v) is 6.73. The largest absolute Gasteiger partial charge is 0.494 e. The van der Waals surface area contributed by atoms with Crippen molar-refractivity contribution >= 4 is 35.8 Å². The quantitative estimate of drug-likeness (QED) is 0.0192. The molecule has 0 unspecified atom stereocenters. The van der Waals surface area contributed by atoms with Gasteiger partial charge in [0.2, 0.25) is 0 Å². The Bertz CT molecular complexity index is 2050. The molecular weight excluding hydrogens is 849 g/mol. The molecule has 0 radical (unpaired) electrons. The van der Waals surface area contributed by atoms with E-state index in [0.29, 0.717) is 125 Å². The van der Waals surface area contributed by atoms with Crippen LogP contribution in [0.5, 0.6) is 23.0 Å². The van der Waals surface area contributed by atoms with Crippen LogP contribution in [0.1, 0.15) is 83.2 Å². The van der Waals surface area contributed by atoms with Crippen LogP contribution in [-0.4, -0.2) is 75.5 Å². The minimum absolute atomic E-state index is 0.168. The molecule has 4 aromatic rings. The Hall–Kier alpha value is -7.22. The van der Waals surface area contributed by atoms with Gasteiger partial charge in [0.1, 0.15) is 23.0 Å². The van der Waals surface area contributed by atoms with E-state index in [-0.39, 0.29) is 37.0 Å². The van der Waals surface area contributed by atoms with Gasteiger partial charge in [0, 0.05) is 25.0 Å². The van der Waals surface area contributed by atoms with Crippen molar-refractivity contribution in [1.82, 2.24) is 0 Å². The maximum absolute atomic E-state index is 13.0. The van der Waals surface area contributed by atoms with E-state index in [2.05, 4.69) is 13.2 Å². The van der Waals surface area contributed by atoms with Crippen molar-refractivity contribution in [1.29, 1.82) is 0 Å². The number of rotatable bonds is 26. The number of carbonyl (C=O) groups is 6. The third-order valence-electron chi connectivity index (χ3n) is 10.5. The summed E-state index contributed by atoms with van der Waals surface area (Å²) in [5.74, 6) is -1.10. The topological polar surface area (TPSA) is 176 Å². The van der Waals surface area contributed by atoms with Crippen LogP contribution < -0.4 is 18.9 Å². The average Bonchev–Trinajstić information content (AvgIpc) is 3.34. The van der Waals surface area contributed by atoms with Crippen molar-refractivity contribution in [3.05, 3.63) is 145 Å². The lowest BCUT2D eigenvalue weighted by Gasteiger charge is -2.25. The summed E-state index contributed by atoms with van der Waals surface area (Å²) < 4.78 is 43.4. The fourth-order valence-electron chi connectivity index (χ4n) is 6.73. The first-order chi connectivity index (χ1) is 32.1. The lowest BCUT2D eigenvalue weighted by Crippen LogP contribution is -2.30. The molecule has 14 nitrogen and oxygen atoms in total. The van der Waals surface area contributed by atoms with Gasteiger partial charge in [0.25, 0.3) is 0 Å². The molecule has 5 rings (SSSR count). The number of hydrogen-bond donors (Lipinski definition) is 0. The van der Waals surface area contributed by atoms with Crippen molar-refractivity contribution < 1.29 is 66.7 Å². The van der Waals surface area contributed by atoms with Gasteiger partial charge in [-0.1, -0.05) is 37.4 Å². The number of ether oxygens (including phenoxy) is 8. The van der Waals surface area contributed by atoms with E-state index in [4.69, 9.17) is 37.9 Å². The maximum Gasteiger partial charge on any atom is 0.338 e. The molecule has 1 aliphatic carbocycles. The van der Waals surface area contributed by atoms with Crippen LogP contribution >= 0.6 is 0 Å². The Balaban J connectivity index is 0.914. The third-order valence-corrected chi connectivity index (χ3v) is 10.5. The summed E-state index contributed by atoms with van der Waals surface area (Å²) >= 11 is 0. The summed E-state index contributed by atoms with van der Waals surface area (Å²) in [6.07, 6.45) is 7.93. The molecule has 0 aromatic heterocycles. The highest BCUT2D eigenvalue weighted by atomic mass is 16.6. The molecular formula is C52H56O14. The first-order valence-electron chi connectivity index (χ1n) is 22.1.